The first-order valence-corrected chi connectivity index (χ1v) is 6.22. The van der Waals surface area contributed by atoms with Crippen molar-refractivity contribution in [3.05, 3.63) is 28.1 Å². The van der Waals surface area contributed by atoms with Crippen molar-refractivity contribution in [3.63, 3.8) is 0 Å². The zero-order valence-corrected chi connectivity index (χ0v) is 10.5. The zero-order chi connectivity index (χ0) is 11.0. The molecule has 2 nitrogen and oxygen atoms in total. The lowest BCUT2D eigenvalue weighted by molar-refractivity contribution is 1.06. The molecule has 0 amide bonds. The molecule has 2 rings (SSSR count). The van der Waals surface area contributed by atoms with Gasteiger partial charge in [0.15, 0.2) is 0 Å². The van der Waals surface area contributed by atoms with E-state index in [1.165, 1.54) is 21.7 Å². The highest BCUT2D eigenvalue weighted by molar-refractivity contribution is 8.14. The number of aryl methyl sites for hydroxylation is 2. The first-order valence-electron chi connectivity index (χ1n) is 5.23. The minimum atomic E-state index is 0.950. The molecule has 0 spiro atoms. The molecule has 0 fully saturated rings. The van der Waals surface area contributed by atoms with Crippen LogP contribution in [-0.4, -0.2) is 22.3 Å². The van der Waals surface area contributed by atoms with E-state index in [-0.39, 0.29) is 0 Å². The zero-order valence-electron chi connectivity index (χ0n) is 9.72. The van der Waals surface area contributed by atoms with Crippen molar-refractivity contribution in [1.29, 1.82) is 0 Å². The molecule has 1 aromatic heterocycles. The molecule has 0 radical (unpaired) electrons. The Morgan fingerprint density at radius 1 is 1.00 bits per heavy atom. The predicted molar refractivity (Wildman–Crippen MR) is 67.0 cm³/mol. The van der Waals surface area contributed by atoms with Crippen LogP contribution in [0.4, 0.5) is 0 Å². The molecule has 0 atom stereocenters. The Balaban J connectivity index is 2.60. The Bertz CT molecular complexity index is 436. The second-order valence-electron chi connectivity index (χ2n) is 3.94. The number of aromatic nitrogens is 1. The molecule has 0 aromatic carbocycles. The maximum Gasteiger partial charge on any atom is 0.0998 e. The Morgan fingerprint density at radius 2 is 1.73 bits per heavy atom. The quantitative estimate of drug-likeness (QED) is 0.727. The lowest BCUT2D eigenvalue weighted by Crippen LogP contribution is -2.06. The van der Waals surface area contributed by atoms with E-state index >= 15 is 0 Å². The van der Waals surface area contributed by atoms with Gasteiger partial charge in [-0.25, -0.2) is 0 Å². The molecule has 1 aliphatic rings. The van der Waals surface area contributed by atoms with E-state index in [0.29, 0.717) is 0 Å². The number of rotatable bonds is 1. The highest BCUT2D eigenvalue weighted by Crippen LogP contribution is 2.26. The van der Waals surface area contributed by atoms with Crippen LogP contribution < -0.4 is 0 Å². The van der Waals surface area contributed by atoms with Gasteiger partial charge in [-0.2, -0.15) is 0 Å². The Hall–Kier alpha value is -0.830. The van der Waals surface area contributed by atoms with Crippen LogP contribution in [0.3, 0.4) is 0 Å². The Kier molecular flexibility index (Phi) is 2.83. The van der Waals surface area contributed by atoms with Crippen molar-refractivity contribution >= 4 is 16.8 Å². The number of aliphatic imine (C=N–C) groups is 1. The van der Waals surface area contributed by atoms with Gasteiger partial charge in [-0.3, -0.25) is 9.98 Å². The third kappa shape index (κ3) is 1.81. The summed E-state index contributed by atoms with van der Waals surface area (Å²) in [4.78, 5) is 9.12. The van der Waals surface area contributed by atoms with Crippen LogP contribution in [0, 0.1) is 27.7 Å². The molecule has 0 saturated carbocycles. The molecule has 0 bridgehead atoms. The normalized spacial score (nSPS) is 15.6. The Labute approximate surface area is 95.2 Å². The van der Waals surface area contributed by atoms with Gasteiger partial charge >= 0.3 is 0 Å². The van der Waals surface area contributed by atoms with E-state index in [1.54, 1.807) is 0 Å². The lowest BCUT2D eigenvalue weighted by atomic mass is 10.0. The summed E-state index contributed by atoms with van der Waals surface area (Å²) >= 11 is 1.85. The third-order valence-electron chi connectivity index (χ3n) is 2.98. The van der Waals surface area contributed by atoms with Gasteiger partial charge in [0.05, 0.1) is 5.04 Å². The minimum absolute atomic E-state index is 0.950. The number of nitrogens with zero attached hydrogens (tertiary/aromatic N) is 2. The van der Waals surface area contributed by atoms with Crippen LogP contribution >= 0.6 is 11.8 Å². The van der Waals surface area contributed by atoms with Crippen LogP contribution in [0.1, 0.15) is 28.1 Å². The largest absolute Gasteiger partial charge is 0.277 e. The molecule has 0 unspecified atom stereocenters. The minimum Gasteiger partial charge on any atom is -0.277 e. The first kappa shape index (κ1) is 10.7. The van der Waals surface area contributed by atoms with Crippen molar-refractivity contribution in [2.45, 2.75) is 27.7 Å². The van der Waals surface area contributed by atoms with Crippen molar-refractivity contribution in [2.75, 3.05) is 12.3 Å². The van der Waals surface area contributed by atoms with Gasteiger partial charge in [0.2, 0.25) is 0 Å². The van der Waals surface area contributed by atoms with Gasteiger partial charge in [-0.05, 0) is 38.8 Å². The maximum atomic E-state index is 4.58. The van der Waals surface area contributed by atoms with Crippen LogP contribution in [0.2, 0.25) is 0 Å². The Morgan fingerprint density at radius 3 is 2.33 bits per heavy atom. The van der Waals surface area contributed by atoms with E-state index in [1.807, 2.05) is 11.8 Å². The topological polar surface area (TPSA) is 25.2 Å². The molecular formula is C12H16N2S. The average Bonchev–Trinajstić information content (AvgIpc) is 2.68. The van der Waals surface area contributed by atoms with Crippen molar-refractivity contribution in [3.8, 4) is 0 Å². The molecule has 80 valence electrons. The summed E-state index contributed by atoms with van der Waals surface area (Å²) in [5.41, 5.74) is 6.15. The fourth-order valence-electron chi connectivity index (χ4n) is 1.92. The second kappa shape index (κ2) is 3.97. The molecule has 2 heterocycles. The molecule has 3 heteroatoms. The number of pyridine rings is 1. The van der Waals surface area contributed by atoms with Crippen molar-refractivity contribution in [1.82, 2.24) is 4.98 Å². The summed E-state index contributed by atoms with van der Waals surface area (Å²) in [6.07, 6.45) is 0. The summed E-state index contributed by atoms with van der Waals surface area (Å²) in [6.45, 7) is 9.42. The van der Waals surface area contributed by atoms with Crippen LogP contribution in [-0.2, 0) is 0 Å². The van der Waals surface area contributed by atoms with Crippen molar-refractivity contribution < 1.29 is 0 Å². The second-order valence-corrected chi connectivity index (χ2v) is 5.03. The van der Waals surface area contributed by atoms with Gasteiger partial charge in [0, 0.05) is 29.2 Å². The highest BCUT2D eigenvalue weighted by Gasteiger charge is 2.17. The fraction of sp³-hybridized carbons (Fsp3) is 0.500. The highest BCUT2D eigenvalue weighted by atomic mass is 32.2. The molecule has 0 aliphatic carbocycles. The van der Waals surface area contributed by atoms with Crippen molar-refractivity contribution in [2.24, 2.45) is 4.99 Å². The van der Waals surface area contributed by atoms with E-state index in [9.17, 15) is 0 Å². The predicted octanol–water partition coefficient (Wildman–Crippen LogP) is 2.81. The number of thioether (sulfide) groups is 1. The van der Waals surface area contributed by atoms with Crippen LogP contribution in [0.25, 0.3) is 0 Å². The smallest absolute Gasteiger partial charge is 0.0998 e. The summed E-state index contributed by atoms with van der Waals surface area (Å²) in [5, 5.41) is 1.18. The SMILES string of the molecule is Cc1nc(C)c(C2=NCCS2)c(C)c1C. The van der Waals surface area contributed by atoms with Gasteiger partial charge in [0.1, 0.15) is 0 Å². The summed E-state index contributed by atoms with van der Waals surface area (Å²) in [6, 6.07) is 0. The average molecular weight is 220 g/mol. The van der Waals surface area contributed by atoms with E-state index < -0.39 is 0 Å². The summed E-state index contributed by atoms with van der Waals surface area (Å²) < 4.78 is 0. The monoisotopic (exact) mass is 220 g/mol. The first-order chi connectivity index (χ1) is 7.11. The van der Waals surface area contributed by atoms with E-state index in [2.05, 4.69) is 37.7 Å². The third-order valence-corrected chi connectivity index (χ3v) is 3.97. The van der Waals surface area contributed by atoms with Gasteiger partial charge in [-0.15, -0.1) is 11.8 Å². The van der Waals surface area contributed by atoms with Crippen LogP contribution in [0.15, 0.2) is 4.99 Å². The van der Waals surface area contributed by atoms with E-state index in [4.69, 9.17) is 0 Å². The molecule has 0 N–H and O–H groups in total. The molecule has 1 aliphatic heterocycles. The van der Waals surface area contributed by atoms with Gasteiger partial charge in [0.25, 0.3) is 0 Å². The number of hydrogen-bond donors (Lipinski definition) is 0. The fourth-order valence-corrected chi connectivity index (χ4v) is 2.93. The van der Waals surface area contributed by atoms with Gasteiger partial charge < -0.3 is 0 Å². The summed E-state index contributed by atoms with van der Waals surface area (Å²) in [7, 11) is 0. The lowest BCUT2D eigenvalue weighted by Gasteiger charge is -2.13. The van der Waals surface area contributed by atoms with Gasteiger partial charge in [-0.1, -0.05) is 0 Å². The molecule has 1 aromatic rings. The molecule has 0 saturated heterocycles. The molecule has 15 heavy (non-hydrogen) atoms. The standard InChI is InChI=1S/C12H16N2S/c1-7-8(2)11(10(4)14-9(7)3)12-13-5-6-15-12/h5-6H2,1-4H3. The van der Waals surface area contributed by atoms with Crippen LogP contribution in [0.5, 0.6) is 0 Å². The number of hydrogen-bond acceptors (Lipinski definition) is 3. The maximum absolute atomic E-state index is 4.58. The van der Waals surface area contributed by atoms with E-state index in [0.717, 1.165) is 23.7 Å². The molecular weight excluding hydrogens is 204 g/mol. The summed E-state index contributed by atoms with van der Waals surface area (Å²) in [5.74, 6) is 1.11.